The van der Waals surface area contributed by atoms with Gasteiger partial charge in [-0.1, -0.05) is 30.3 Å². The van der Waals surface area contributed by atoms with E-state index in [1.807, 2.05) is 36.4 Å². The lowest BCUT2D eigenvalue weighted by Crippen LogP contribution is -2.09. The van der Waals surface area contributed by atoms with Crippen molar-refractivity contribution in [3.8, 4) is 0 Å². The van der Waals surface area contributed by atoms with Crippen LogP contribution in [0.15, 0.2) is 48.7 Å². The molecule has 0 aliphatic heterocycles. The Morgan fingerprint density at radius 1 is 1.08 bits per heavy atom. The summed E-state index contributed by atoms with van der Waals surface area (Å²) in [5, 5.41) is 11.5. The zero-order chi connectivity index (χ0) is 16.5. The summed E-state index contributed by atoms with van der Waals surface area (Å²) in [5.74, 6) is 0.00107. The van der Waals surface area contributed by atoms with E-state index >= 15 is 0 Å². The van der Waals surface area contributed by atoms with Gasteiger partial charge in [-0.3, -0.25) is 4.79 Å². The highest BCUT2D eigenvalue weighted by molar-refractivity contribution is 5.97. The van der Waals surface area contributed by atoms with Crippen LogP contribution >= 0.6 is 0 Å². The number of aryl methyl sites for hydroxylation is 2. The molecule has 0 amide bonds. The number of ketones is 1. The molecule has 0 saturated heterocycles. The molecule has 1 atom stereocenters. The number of aromatic nitrogens is 1. The van der Waals surface area contributed by atoms with Crippen LogP contribution in [0, 0.1) is 0 Å². The number of rotatable bonds is 4. The molecule has 24 heavy (non-hydrogen) atoms. The number of aliphatic hydroxyl groups excluding tert-OH is 1. The van der Waals surface area contributed by atoms with Crippen molar-refractivity contribution in [2.24, 2.45) is 0 Å². The van der Waals surface area contributed by atoms with Crippen molar-refractivity contribution < 1.29 is 9.90 Å². The SMILES string of the molecule is O=C(CC(O)c1c[nH]c2ccccc12)c1ccc2c(c1)CCCC2. The maximum absolute atomic E-state index is 12.6. The zero-order valence-corrected chi connectivity index (χ0v) is 13.6. The van der Waals surface area contributed by atoms with Gasteiger partial charge in [0.2, 0.25) is 0 Å². The van der Waals surface area contributed by atoms with Crippen molar-refractivity contribution in [3.05, 3.63) is 70.9 Å². The Morgan fingerprint density at radius 3 is 2.75 bits per heavy atom. The molecule has 3 nitrogen and oxygen atoms in total. The smallest absolute Gasteiger partial charge is 0.165 e. The Hall–Kier alpha value is -2.39. The number of carbonyl (C=O) groups is 1. The fourth-order valence-electron chi connectivity index (χ4n) is 3.68. The van der Waals surface area contributed by atoms with Crippen molar-refractivity contribution in [2.45, 2.75) is 38.2 Å². The number of nitrogens with one attached hydrogen (secondary N) is 1. The van der Waals surface area contributed by atoms with E-state index in [4.69, 9.17) is 0 Å². The summed E-state index contributed by atoms with van der Waals surface area (Å²) in [6.07, 6.45) is 5.73. The number of para-hydroxylation sites is 1. The molecule has 0 bridgehead atoms. The number of hydrogen-bond acceptors (Lipinski definition) is 2. The van der Waals surface area contributed by atoms with E-state index in [1.165, 1.54) is 24.0 Å². The lowest BCUT2D eigenvalue weighted by molar-refractivity contribution is 0.0882. The molecule has 122 valence electrons. The summed E-state index contributed by atoms with van der Waals surface area (Å²) in [4.78, 5) is 15.8. The number of carbonyl (C=O) groups excluding carboxylic acids is 1. The highest BCUT2D eigenvalue weighted by Crippen LogP contribution is 2.28. The number of aliphatic hydroxyl groups is 1. The Bertz CT molecular complexity index is 894. The number of H-pyrrole nitrogens is 1. The molecule has 0 saturated carbocycles. The van der Waals surface area contributed by atoms with E-state index in [-0.39, 0.29) is 12.2 Å². The Balaban J connectivity index is 1.55. The predicted molar refractivity (Wildman–Crippen MR) is 95.3 cm³/mol. The molecule has 1 aromatic heterocycles. The largest absolute Gasteiger partial charge is 0.388 e. The minimum atomic E-state index is -0.787. The lowest BCUT2D eigenvalue weighted by atomic mass is 9.89. The summed E-state index contributed by atoms with van der Waals surface area (Å²) < 4.78 is 0. The van der Waals surface area contributed by atoms with E-state index in [0.29, 0.717) is 0 Å². The van der Waals surface area contributed by atoms with Crippen LogP contribution in [0.1, 0.15) is 52.4 Å². The first-order valence-corrected chi connectivity index (χ1v) is 8.61. The molecule has 1 aliphatic carbocycles. The number of hydrogen-bond donors (Lipinski definition) is 2. The summed E-state index contributed by atoms with van der Waals surface area (Å²) in [7, 11) is 0. The van der Waals surface area contributed by atoms with Crippen LogP contribution in [0.2, 0.25) is 0 Å². The first-order chi connectivity index (χ1) is 11.7. The van der Waals surface area contributed by atoms with Gasteiger partial charge in [0, 0.05) is 34.6 Å². The van der Waals surface area contributed by atoms with Crippen LogP contribution in [-0.4, -0.2) is 15.9 Å². The molecule has 3 aromatic rings. The number of fused-ring (bicyclic) bond motifs is 2. The maximum Gasteiger partial charge on any atom is 0.165 e. The van der Waals surface area contributed by atoms with Crippen LogP contribution in [0.3, 0.4) is 0 Å². The molecular formula is C21H21NO2. The van der Waals surface area contributed by atoms with Gasteiger partial charge in [0.25, 0.3) is 0 Å². The van der Waals surface area contributed by atoms with E-state index in [9.17, 15) is 9.90 Å². The molecule has 0 spiro atoms. The monoisotopic (exact) mass is 319 g/mol. The number of aromatic amines is 1. The third-order valence-electron chi connectivity index (χ3n) is 5.03. The van der Waals surface area contributed by atoms with Crippen LogP contribution in [-0.2, 0) is 12.8 Å². The molecule has 2 aromatic carbocycles. The van der Waals surface area contributed by atoms with Crippen molar-refractivity contribution in [1.29, 1.82) is 0 Å². The third-order valence-corrected chi connectivity index (χ3v) is 5.03. The summed E-state index contributed by atoms with van der Waals surface area (Å²) in [5.41, 5.74) is 5.16. The topological polar surface area (TPSA) is 53.1 Å². The molecule has 2 N–H and O–H groups in total. The average molecular weight is 319 g/mol. The van der Waals surface area contributed by atoms with Gasteiger partial charge in [-0.15, -0.1) is 0 Å². The molecule has 4 rings (SSSR count). The van der Waals surface area contributed by atoms with Gasteiger partial charge >= 0.3 is 0 Å². The normalized spacial score (nSPS) is 15.2. The number of Topliss-reactive ketones (excluding diaryl/α,β-unsaturated/α-hetero) is 1. The number of benzene rings is 2. The van der Waals surface area contributed by atoms with Crippen LogP contribution < -0.4 is 0 Å². The van der Waals surface area contributed by atoms with Crippen molar-refractivity contribution >= 4 is 16.7 Å². The molecule has 0 radical (unpaired) electrons. The van der Waals surface area contributed by atoms with Crippen molar-refractivity contribution in [2.75, 3.05) is 0 Å². The van der Waals surface area contributed by atoms with E-state index in [2.05, 4.69) is 11.1 Å². The quantitative estimate of drug-likeness (QED) is 0.702. The van der Waals surface area contributed by atoms with Gasteiger partial charge in [0.1, 0.15) is 0 Å². The van der Waals surface area contributed by atoms with Gasteiger partial charge in [0.05, 0.1) is 6.10 Å². The molecule has 0 fully saturated rings. The second kappa shape index (κ2) is 6.25. The minimum absolute atomic E-state index is 0.00107. The van der Waals surface area contributed by atoms with Crippen LogP contribution in [0.25, 0.3) is 10.9 Å². The lowest BCUT2D eigenvalue weighted by Gasteiger charge is -2.16. The van der Waals surface area contributed by atoms with Gasteiger partial charge < -0.3 is 10.1 Å². The minimum Gasteiger partial charge on any atom is -0.388 e. The summed E-state index contributed by atoms with van der Waals surface area (Å²) in [6, 6.07) is 13.8. The Labute approximate surface area is 141 Å². The van der Waals surface area contributed by atoms with Gasteiger partial charge in [-0.05, 0) is 48.9 Å². The summed E-state index contributed by atoms with van der Waals surface area (Å²) in [6.45, 7) is 0. The van der Waals surface area contributed by atoms with E-state index in [1.54, 1.807) is 6.20 Å². The molecule has 1 heterocycles. The molecular weight excluding hydrogens is 298 g/mol. The second-order valence-electron chi connectivity index (χ2n) is 6.62. The first kappa shape index (κ1) is 15.2. The van der Waals surface area contributed by atoms with E-state index in [0.717, 1.165) is 34.9 Å². The van der Waals surface area contributed by atoms with Gasteiger partial charge in [-0.2, -0.15) is 0 Å². The fraction of sp³-hybridized carbons (Fsp3) is 0.286. The third kappa shape index (κ3) is 2.76. The highest BCUT2D eigenvalue weighted by Gasteiger charge is 2.19. The predicted octanol–water partition coefficient (Wildman–Crippen LogP) is 4.35. The van der Waals surface area contributed by atoms with Crippen molar-refractivity contribution in [1.82, 2.24) is 4.98 Å². The standard InChI is InChI=1S/C21H21NO2/c23-20(16-10-9-14-5-1-2-6-15(14)11-16)12-21(24)18-13-22-19-8-4-3-7-17(18)19/h3-4,7-11,13,21-22,24H,1-2,5-6,12H2. The van der Waals surface area contributed by atoms with E-state index < -0.39 is 6.10 Å². The molecule has 1 unspecified atom stereocenters. The Kier molecular flexibility index (Phi) is 3.95. The molecule has 1 aliphatic rings. The fourth-order valence-corrected chi connectivity index (χ4v) is 3.68. The van der Waals surface area contributed by atoms with Gasteiger partial charge in [-0.25, -0.2) is 0 Å². The zero-order valence-electron chi connectivity index (χ0n) is 13.6. The molecule has 3 heteroatoms. The summed E-state index contributed by atoms with van der Waals surface area (Å²) >= 11 is 0. The van der Waals surface area contributed by atoms with Crippen LogP contribution in [0.4, 0.5) is 0 Å². The second-order valence-corrected chi connectivity index (χ2v) is 6.62. The average Bonchev–Trinajstić information content (AvgIpc) is 3.05. The highest BCUT2D eigenvalue weighted by atomic mass is 16.3. The van der Waals surface area contributed by atoms with Crippen LogP contribution in [0.5, 0.6) is 0 Å². The maximum atomic E-state index is 12.6. The first-order valence-electron chi connectivity index (χ1n) is 8.61. The van der Waals surface area contributed by atoms with Crippen molar-refractivity contribution in [3.63, 3.8) is 0 Å². The van der Waals surface area contributed by atoms with Gasteiger partial charge in [0.15, 0.2) is 5.78 Å². The Morgan fingerprint density at radius 2 is 1.88 bits per heavy atom.